The van der Waals surface area contributed by atoms with Crippen molar-refractivity contribution in [3.63, 3.8) is 0 Å². The highest BCUT2D eigenvalue weighted by Crippen LogP contribution is 2.17. The van der Waals surface area contributed by atoms with Gasteiger partial charge in [-0.05, 0) is 25.0 Å². The number of nitrogens with zero attached hydrogens (tertiary/aromatic N) is 2. The minimum absolute atomic E-state index is 0.116. The van der Waals surface area contributed by atoms with Crippen molar-refractivity contribution in [2.75, 3.05) is 24.7 Å². The van der Waals surface area contributed by atoms with Crippen LogP contribution in [0.2, 0.25) is 0 Å². The lowest BCUT2D eigenvalue weighted by atomic mass is 10.1. The highest BCUT2D eigenvalue weighted by Gasteiger charge is 2.27. The molecule has 0 aromatic carbocycles. The van der Waals surface area contributed by atoms with Gasteiger partial charge in [-0.15, -0.1) is 0 Å². The largest absolute Gasteiger partial charge is 0.459 e. The molecule has 1 saturated heterocycles. The number of hydrogen-bond donors (Lipinski definition) is 3. The van der Waals surface area contributed by atoms with Crippen LogP contribution in [0.3, 0.4) is 0 Å². The van der Waals surface area contributed by atoms with Crippen LogP contribution in [0, 0.1) is 0 Å². The molecule has 154 valence electrons. The average molecular weight is 411 g/mol. The number of hydrogen-bond acceptors (Lipinski definition) is 6. The Morgan fingerprint density at radius 3 is 2.50 bits per heavy atom. The first kappa shape index (κ1) is 21.6. The van der Waals surface area contributed by atoms with Crippen LogP contribution in [0.15, 0.2) is 29.0 Å². The van der Waals surface area contributed by atoms with Gasteiger partial charge in [0.15, 0.2) is 5.76 Å². The number of H-pyrrole nitrogens is 1. The highest BCUT2D eigenvalue weighted by atomic mass is 32.2. The van der Waals surface area contributed by atoms with Crippen molar-refractivity contribution in [2.45, 2.75) is 32.7 Å². The Morgan fingerprint density at radius 2 is 1.93 bits per heavy atom. The molecule has 0 saturated carbocycles. The summed E-state index contributed by atoms with van der Waals surface area (Å²) in [5.41, 5.74) is 0.355. The molecule has 1 aliphatic heterocycles. The molecule has 1 aliphatic rings. The van der Waals surface area contributed by atoms with Crippen molar-refractivity contribution in [2.24, 2.45) is 0 Å². The molecule has 2 aromatic rings. The first-order valence-electron chi connectivity index (χ1n) is 8.99. The number of anilines is 1. The summed E-state index contributed by atoms with van der Waals surface area (Å²) < 4.78 is 29.4. The Hall–Kier alpha value is -2.66. The maximum Gasteiger partial charge on any atom is 0.291 e. The number of furan rings is 1. The van der Waals surface area contributed by atoms with E-state index in [1.165, 1.54) is 29.1 Å². The van der Waals surface area contributed by atoms with Crippen LogP contribution in [-0.2, 0) is 10.0 Å². The molecule has 0 radical (unpaired) electrons. The van der Waals surface area contributed by atoms with Crippen molar-refractivity contribution in [3.8, 4) is 0 Å². The lowest BCUT2D eigenvalue weighted by molar-refractivity contribution is 0.0919. The van der Waals surface area contributed by atoms with Crippen LogP contribution in [0.1, 0.15) is 47.7 Å². The van der Waals surface area contributed by atoms with Crippen LogP contribution >= 0.6 is 0 Å². The Kier molecular flexibility index (Phi) is 7.35. The average Bonchev–Trinajstić information content (AvgIpc) is 3.35. The molecule has 0 aliphatic carbocycles. The predicted octanol–water partition coefficient (Wildman–Crippen LogP) is 1.43. The van der Waals surface area contributed by atoms with E-state index in [0.29, 0.717) is 25.9 Å². The maximum absolute atomic E-state index is 12.5. The number of amides is 2. The molecule has 0 atom stereocenters. The number of nitrogens with one attached hydrogen (secondary N) is 3. The third-order valence-corrected chi connectivity index (χ3v) is 5.42. The smallest absolute Gasteiger partial charge is 0.291 e. The quantitative estimate of drug-likeness (QED) is 0.681. The van der Waals surface area contributed by atoms with Crippen LogP contribution in [0.4, 0.5) is 5.69 Å². The summed E-state index contributed by atoms with van der Waals surface area (Å²) in [6.07, 6.45) is 4.91. The van der Waals surface area contributed by atoms with E-state index < -0.39 is 21.8 Å². The molecule has 2 amide bonds. The monoisotopic (exact) mass is 411 g/mol. The second-order valence-electron chi connectivity index (χ2n) is 6.00. The molecule has 2 aromatic heterocycles. The van der Waals surface area contributed by atoms with Crippen molar-refractivity contribution in [1.82, 2.24) is 19.8 Å². The summed E-state index contributed by atoms with van der Waals surface area (Å²) in [7, 11) is -3.21. The van der Waals surface area contributed by atoms with E-state index in [1.54, 1.807) is 6.07 Å². The van der Waals surface area contributed by atoms with Crippen molar-refractivity contribution in [3.05, 3.63) is 36.0 Å². The number of aromatic amines is 1. The molecule has 11 heteroatoms. The Balaban J connectivity index is 0.00000136. The third kappa shape index (κ3) is 5.42. The Bertz CT molecular complexity index is 883. The standard InChI is InChI=1S/C15H19N5O5S.C2H6/c1-26(23,24)20-6-4-10(5-7-20)17-15(22)13-11(9-16-19-13)18-14(21)12-3-2-8-25-12;1-2/h2-3,8-10H,4-7H2,1H3,(H,16,19)(H,17,22)(H,18,21);1-2H3. The van der Waals surface area contributed by atoms with Gasteiger partial charge in [-0.2, -0.15) is 5.10 Å². The lowest BCUT2D eigenvalue weighted by Gasteiger charge is -2.30. The number of rotatable bonds is 5. The SMILES string of the molecule is CC.CS(=O)(=O)N1CCC(NC(=O)c2[nH]ncc2NC(=O)c2ccco2)CC1. The first-order valence-corrected chi connectivity index (χ1v) is 10.8. The van der Waals surface area contributed by atoms with Crippen molar-refractivity contribution in [1.29, 1.82) is 0 Å². The summed E-state index contributed by atoms with van der Waals surface area (Å²) in [6, 6.07) is 2.93. The van der Waals surface area contributed by atoms with Crippen LogP contribution in [0.5, 0.6) is 0 Å². The Morgan fingerprint density at radius 1 is 1.25 bits per heavy atom. The fourth-order valence-electron chi connectivity index (χ4n) is 2.74. The van der Waals surface area contributed by atoms with E-state index in [2.05, 4.69) is 20.8 Å². The molecule has 10 nitrogen and oxygen atoms in total. The van der Waals surface area contributed by atoms with Gasteiger partial charge in [-0.3, -0.25) is 14.7 Å². The van der Waals surface area contributed by atoms with E-state index >= 15 is 0 Å². The topological polar surface area (TPSA) is 137 Å². The Labute approximate surface area is 163 Å². The zero-order chi connectivity index (χ0) is 20.7. The number of sulfonamides is 1. The molecule has 0 spiro atoms. The normalized spacial score (nSPS) is 15.4. The zero-order valence-electron chi connectivity index (χ0n) is 16.1. The van der Waals surface area contributed by atoms with E-state index in [0.717, 1.165) is 0 Å². The van der Waals surface area contributed by atoms with Crippen LogP contribution < -0.4 is 10.6 Å². The minimum atomic E-state index is -3.21. The lowest BCUT2D eigenvalue weighted by Crippen LogP contribution is -2.46. The fourth-order valence-corrected chi connectivity index (χ4v) is 3.61. The van der Waals surface area contributed by atoms with E-state index in [-0.39, 0.29) is 23.2 Å². The van der Waals surface area contributed by atoms with Gasteiger partial charge in [-0.25, -0.2) is 12.7 Å². The zero-order valence-corrected chi connectivity index (χ0v) is 16.9. The summed E-state index contributed by atoms with van der Waals surface area (Å²) in [4.78, 5) is 24.5. The summed E-state index contributed by atoms with van der Waals surface area (Å²) in [6.45, 7) is 4.71. The molecule has 3 N–H and O–H groups in total. The molecular formula is C17H25N5O5S. The van der Waals surface area contributed by atoms with Gasteiger partial charge in [0.1, 0.15) is 5.69 Å². The van der Waals surface area contributed by atoms with Crippen molar-refractivity contribution >= 4 is 27.5 Å². The van der Waals surface area contributed by atoms with Gasteiger partial charge in [0, 0.05) is 19.1 Å². The minimum Gasteiger partial charge on any atom is -0.459 e. The molecule has 28 heavy (non-hydrogen) atoms. The van der Waals surface area contributed by atoms with Gasteiger partial charge < -0.3 is 15.1 Å². The van der Waals surface area contributed by atoms with Crippen molar-refractivity contribution < 1.29 is 22.4 Å². The van der Waals surface area contributed by atoms with Gasteiger partial charge in [0.05, 0.1) is 24.4 Å². The molecule has 3 heterocycles. The van der Waals surface area contributed by atoms with E-state index in [4.69, 9.17) is 4.42 Å². The predicted molar refractivity (Wildman–Crippen MR) is 104 cm³/mol. The molecule has 1 fully saturated rings. The number of carbonyl (C=O) groups is 2. The second-order valence-corrected chi connectivity index (χ2v) is 7.98. The maximum atomic E-state index is 12.5. The van der Waals surface area contributed by atoms with Gasteiger partial charge >= 0.3 is 0 Å². The summed E-state index contributed by atoms with van der Waals surface area (Å²) in [5, 5.41) is 11.8. The molecular weight excluding hydrogens is 386 g/mol. The molecule has 0 bridgehead atoms. The van der Waals surface area contributed by atoms with E-state index in [9.17, 15) is 18.0 Å². The van der Waals surface area contributed by atoms with Gasteiger partial charge in [0.25, 0.3) is 11.8 Å². The van der Waals surface area contributed by atoms with E-state index in [1.807, 2.05) is 13.8 Å². The van der Waals surface area contributed by atoms with Crippen LogP contribution in [0.25, 0.3) is 0 Å². The first-order chi connectivity index (χ1) is 13.3. The second kappa shape index (κ2) is 9.51. The number of aromatic nitrogens is 2. The summed E-state index contributed by atoms with van der Waals surface area (Å²) >= 11 is 0. The number of piperidine rings is 1. The summed E-state index contributed by atoms with van der Waals surface area (Å²) in [5.74, 6) is -0.798. The fraction of sp³-hybridized carbons (Fsp3) is 0.471. The molecule has 0 unspecified atom stereocenters. The number of carbonyl (C=O) groups excluding carboxylic acids is 2. The van der Waals surface area contributed by atoms with Crippen LogP contribution in [-0.4, -0.2) is 60.1 Å². The highest BCUT2D eigenvalue weighted by molar-refractivity contribution is 7.88. The van der Waals surface area contributed by atoms with Gasteiger partial charge in [-0.1, -0.05) is 13.8 Å². The van der Waals surface area contributed by atoms with Gasteiger partial charge in [0.2, 0.25) is 10.0 Å². The third-order valence-electron chi connectivity index (χ3n) is 4.12. The molecule has 3 rings (SSSR count).